The van der Waals surface area contributed by atoms with E-state index in [0.717, 1.165) is 63.0 Å². The number of hydrogen-bond donors (Lipinski definition) is 0. The molecule has 0 spiro atoms. The van der Waals surface area contributed by atoms with Crippen molar-refractivity contribution in [2.75, 3.05) is 24.7 Å². The summed E-state index contributed by atoms with van der Waals surface area (Å²) in [7, 11) is 0. The van der Waals surface area contributed by atoms with Gasteiger partial charge in [0.15, 0.2) is 5.82 Å². The van der Waals surface area contributed by atoms with Crippen molar-refractivity contribution in [2.24, 2.45) is 17.8 Å². The van der Waals surface area contributed by atoms with Crippen LogP contribution in [0.25, 0.3) is 11.8 Å². The molecule has 1 saturated carbocycles. The maximum Gasteiger partial charge on any atom is 0.343 e. The van der Waals surface area contributed by atoms with Crippen molar-refractivity contribution in [3.8, 4) is 5.69 Å². The molecule has 0 N–H and O–H groups in total. The second kappa shape index (κ2) is 12.5. The van der Waals surface area contributed by atoms with Gasteiger partial charge >= 0.3 is 5.97 Å². The Morgan fingerprint density at radius 3 is 2.41 bits per heavy atom. The van der Waals surface area contributed by atoms with Crippen LogP contribution in [0.3, 0.4) is 0 Å². The molecule has 1 amide bonds. The fourth-order valence-electron chi connectivity index (χ4n) is 5.23. The van der Waals surface area contributed by atoms with Gasteiger partial charge < -0.3 is 9.47 Å². The van der Waals surface area contributed by atoms with E-state index in [-0.39, 0.29) is 24.5 Å². The lowest BCUT2D eigenvalue weighted by Gasteiger charge is -2.32. The molecular formula is C30H41N3O4. The molecule has 7 nitrogen and oxygen atoms in total. The lowest BCUT2D eigenvalue weighted by Crippen LogP contribution is -2.43. The van der Waals surface area contributed by atoms with E-state index in [0.29, 0.717) is 23.2 Å². The van der Waals surface area contributed by atoms with Gasteiger partial charge in [0, 0.05) is 31.4 Å². The molecule has 1 aliphatic heterocycles. The highest BCUT2D eigenvalue weighted by molar-refractivity contribution is 6.02. The molecule has 7 heteroatoms. The number of amides is 1. The quantitative estimate of drug-likeness (QED) is 0.406. The molecule has 200 valence electrons. The number of esters is 1. The lowest BCUT2D eigenvalue weighted by atomic mass is 9.82. The molecule has 2 heterocycles. The van der Waals surface area contributed by atoms with Crippen LogP contribution in [0.1, 0.15) is 82.1 Å². The summed E-state index contributed by atoms with van der Waals surface area (Å²) in [5, 5.41) is 4.77. The number of aromatic nitrogens is 2. The van der Waals surface area contributed by atoms with Crippen LogP contribution in [-0.4, -0.2) is 47.5 Å². The van der Waals surface area contributed by atoms with Gasteiger partial charge in [0.2, 0.25) is 5.91 Å². The van der Waals surface area contributed by atoms with Gasteiger partial charge in [-0.1, -0.05) is 31.2 Å². The minimum atomic E-state index is -0.463. The molecule has 0 atom stereocenters. The smallest absolute Gasteiger partial charge is 0.343 e. The van der Waals surface area contributed by atoms with Gasteiger partial charge in [-0.25, -0.2) is 9.48 Å². The maximum atomic E-state index is 13.7. The molecule has 2 aliphatic rings. The van der Waals surface area contributed by atoms with Crippen molar-refractivity contribution >= 4 is 23.8 Å². The first-order chi connectivity index (χ1) is 17.9. The number of anilines is 1. The number of carbonyl (C=O) groups is 2. The van der Waals surface area contributed by atoms with Gasteiger partial charge in [-0.2, -0.15) is 0 Å². The van der Waals surface area contributed by atoms with Crippen LogP contribution >= 0.6 is 0 Å². The first-order valence-electron chi connectivity index (χ1n) is 13.8. The Kier molecular flexibility index (Phi) is 9.19. The summed E-state index contributed by atoms with van der Waals surface area (Å²) in [4.78, 5) is 28.3. The Labute approximate surface area is 220 Å². The van der Waals surface area contributed by atoms with E-state index in [1.54, 1.807) is 22.7 Å². The van der Waals surface area contributed by atoms with E-state index >= 15 is 0 Å². The summed E-state index contributed by atoms with van der Waals surface area (Å²) in [6.45, 7) is 9.88. The standard InChI is InChI=1S/C30H41N3O4/c1-5-37-30(35)27-20-32(26-14-10-23(11-15-26)8-9-24-16-18-36-19-17-24)31-28(27)33(21(2)3)29(34)25-12-6-22(4)7-13-25/h8-11,14-15,20-22,24-25H,5-7,12-13,16-19H2,1-4H3/b9-8+/t22-,25-. The number of hydrogen-bond acceptors (Lipinski definition) is 5. The summed E-state index contributed by atoms with van der Waals surface area (Å²) in [5.41, 5.74) is 2.25. The van der Waals surface area contributed by atoms with Crippen LogP contribution in [0, 0.1) is 17.8 Å². The number of benzene rings is 1. The second-order valence-corrected chi connectivity index (χ2v) is 10.7. The number of rotatable bonds is 8. The maximum absolute atomic E-state index is 13.7. The Balaban J connectivity index is 1.60. The van der Waals surface area contributed by atoms with Crippen LogP contribution in [-0.2, 0) is 14.3 Å². The van der Waals surface area contributed by atoms with E-state index in [9.17, 15) is 9.59 Å². The summed E-state index contributed by atoms with van der Waals surface area (Å²) in [5.74, 6) is 1.13. The summed E-state index contributed by atoms with van der Waals surface area (Å²) < 4.78 is 12.5. The third-order valence-corrected chi connectivity index (χ3v) is 7.52. The predicted octanol–water partition coefficient (Wildman–Crippen LogP) is 6.06. The minimum Gasteiger partial charge on any atom is -0.462 e. The highest BCUT2D eigenvalue weighted by Crippen LogP contribution is 2.33. The molecule has 1 aromatic heterocycles. The van der Waals surface area contributed by atoms with Gasteiger partial charge in [-0.05, 0) is 88.8 Å². The molecule has 4 rings (SSSR count). The Morgan fingerprint density at radius 1 is 1.11 bits per heavy atom. The average molecular weight is 508 g/mol. The van der Waals surface area contributed by atoms with E-state index in [1.807, 2.05) is 38.1 Å². The Bertz CT molecular complexity index is 1070. The van der Waals surface area contributed by atoms with Crippen molar-refractivity contribution in [3.05, 3.63) is 47.7 Å². The lowest BCUT2D eigenvalue weighted by molar-refractivity contribution is -0.124. The molecule has 2 aromatic rings. The van der Waals surface area contributed by atoms with Gasteiger partial charge in [0.1, 0.15) is 5.56 Å². The van der Waals surface area contributed by atoms with E-state index < -0.39 is 5.97 Å². The van der Waals surface area contributed by atoms with Crippen molar-refractivity contribution in [3.63, 3.8) is 0 Å². The highest BCUT2D eigenvalue weighted by atomic mass is 16.5. The Hall–Kier alpha value is -2.93. The van der Waals surface area contributed by atoms with Crippen molar-refractivity contribution in [2.45, 2.75) is 72.3 Å². The molecule has 0 radical (unpaired) electrons. The molecule has 1 aliphatic carbocycles. The van der Waals surface area contributed by atoms with Crippen LogP contribution in [0.2, 0.25) is 0 Å². The zero-order valence-electron chi connectivity index (χ0n) is 22.7. The van der Waals surface area contributed by atoms with Crippen LogP contribution in [0.4, 0.5) is 5.82 Å². The minimum absolute atomic E-state index is 0.0411. The van der Waals surface area contributed by atoms with Gasteiger partial charge in [0.05, 0.1) is 12.3 Å². The average Bonchev–Trinajstić information content (AvgIpc) is 3.33. The number of nitrogens with zero attached hydrogens (tertiary/aromatic N) is 3. The molecule has 2 fully saturated rings. The summed E-state index contributed by atoms with van der Waals surface area (Å²) >= 11 is 0. The third-order valence-electron chi connectivity index (χ3n) is 7.52. The van der Waals surface area contributed by atoms with E-state index in [1.165, 1.54) is 0 Å². The molecule has 0 unspecified atom stereocenters. The summed E-state index contributed by atoms with van der Waals surface area (Å²) in [6.07, 6.45) is 12.1. The zero-order chi connectivity index (χ0) is 26.4. The van der Waals surface area contributed by atoms with Gasteiger partial charge in [0.25, 0.3) is 0 Å². The molecular weight excluding hydrogens is 466 g/mol. The summed E-state index contributed by atoms with van der Waals surface area (Å²) in [6, 6.07) is 7.93. The third kappa shape index (κ3) is 6.69. The fraction of sp³-hybridized carbons (Fsp3) is 0.567. The number of ether oxygens (including phenoxy) is 2. The van der Waals surface area contributed by atoms with Crippen LogP contribution in [0.5, 0.6) is 0 Å². The van der Waals surface area contributed by atoms with Crippen molar-refractivity contribution < 1.29 is 19.1 Å². The first-order valence-corrected chi connectivity index (χ1v) is 13.8. The zero-order valence-corrected chi connectivity index (χ0v) is 22.7. The highest BCUT2D eigenvalue weighted by Gasteiger charge is 2.34. The van der Waals surface area contributed by atoms with E-state index in [2.05, 4.69) is 19.1 Å². The molecule has 1 aromatic carbocycles. The van der Waals surface area contributed by atoms with Crippen LogP contribution in [0.15, 0.2) is 36.5 Å². The van der Waals surface area contributed by atoms with Gasteiger partial charge in [-0.15, -0.1) is 5.10 Å². The largest absolute Gasteiger partial charge is 0.462 e. The fourth-order valence-corrected chi connectivity index (χ4v) is 5.23. The predicted molar refractivity (Wildman–Crippen MR) is 146 cm³/mol. The Morgan fingerprint density at radius 2 is 1.78 bits per heavy atom. The number of carbonyl (C=O) groups excluding carboxylic acids is 2. The van der Waals surface area contributed by atoms with E-state index in [4.69, 9.17) is 14.6 Å². The van der Waals surface area contributed by atoms with Gasteiger partial charge in [-0.3, -0.25) is 9.69 Å². The monoisotopic (exact) mass is 507 g/mol. The normalized spacial score (nSPS) is 20.9. The second-order valence-electron chi connectivity index (χ2n) is 10.7. The molecule has 1 saturated heterocycles. The topological polar surface area (TPSA) is 73.7 Å². The van der Waals surface area contributed by atoms with Crippen molar-refractivity contribution in [1.29, 1.82) is 0 Å². The number of allylic oxidation sites excluding steroid dienone is 1. The van der Waals surface area contributed by atoms with Crippen molar-refractivity contribution in [1.82, 2.24) is 9.78 Å². The molecule has 37 heavy (non-hydrogen) atoms. The van der Waals surface area contributed by atoms with Crippen LogP contribution < -0.4 is 4.90 Å². The first kappa shape index (κ1) is 27.1. The SMILES string of the molecule is CCOC(=O)c1cn(-c2ccc(/C=C/C3CCOCC3)cc2)nc1N(C(=O)[C@H]1CC[C@H](C)CC1)C(C)C. The molecule has 0 bridgehead atoms.